The smallest absolute Gasteiger partial charge is 0.214 e. The van der Waals surface area contributed by atoms with Gasteiger partial charge in [-0.25, -0.2) is 4.99 Å². The molecule has 3 aromatic rings. The second-order valence-corrected chi connectivity index (χ2v) is 5.79. The number of aliphatic imine (C=N–C) groups is 1. The standard InChI is InChI=1S/C19H16N2O2/c1-2-5-11-8-9-15-13(10-11)16(19(23)21-15)17-18(22)12-6-3-4-7-14(12)20-17/h3-4,6-10,21,23H,2,5H2,1H3. The number of aromatic amines is 1. The van der Waals surface area contributed by atoms with Crippen LogP contribution in [0.1, 0.15) is 34.8 Å². The first-order valence-corrected chi connectivity index (χ1v) is 7.75. The number of rotatable bonds is 3. The fourth-order valence-electron chi connectivity index (χ4n) is 3.14. The summed E-state index contributed by atoms with van der Waals surface area (Å²) < 4.78 is 0. The van der Waals surface area contributed by atoms with Gasteiger partial charge in [0.15, 0.2) is 5.88 Å². The van der Waals surface area contributed by atoms with Crippen LogP contribution in [0.4, 0.5) is 5.69 Å². The van der Waals surface area contributed by atoms with Gasteiger partial charge >= 0.3 is 0 Å². The van der Waals surface area contributed by atoms with E-state index in [-0.39, 0.29) is 11.7 Å². The van der Waals surface area contributed by atoms with Gasteiger partial charge in [0.25, 0.3) is 0 Å². The first kappa shape index (κ1) is 13.8. The Bertz CT molecular complexity index is 967. The third kappa shape index (κ3) is 2.06. The molecule has 4 heteroatoms. The van der Waals surface area contributed by atoms with Crippen LogP contribution in [0, 0.1) is 0 Å². The lowest BCUT2D eigenvalue weighted by molar-refractivity contribution is 0.107. The number of nitrogens with one attached hydrogen (secondary N) is 1. The van der Waals surface area contributed by atoms with Gasteiger partial charge in [0.1, 0.15) is 5.71 Å². The Kier molecular flexibility index (Phi) is 3.05. The molecule has 0 spiro atoms. The Balaban J connectivity index is 1.91. The van der Waals surface area contributed by atoms with E-state index in [1.54, 1.807) is 6.07 Å². The predicted molar refractivity (Wildman–Crippen MR) is 90.9 cm³/mol. The average Bonchev–Trinajstić information content (AvgIpc) is 3.04. The fraction of sp³-hybridized carbons (Fsp3) is 0.158. The van der Waals surface area contributed by atoms with E-state index in [1.807, 2.05) is 36.4 Å². The van der Waals surface area contributed by atoms with Crippen molar-refractivity contribution in [2.24, 2.45) is 4.99 Å². The Labute approximate surface area is 133 Å². The molecule has 0 aliphatic carbocycles. The Morgan fingerprint density at radius 2 is 2.00 bits per heavy atom. The van der Waals surface area contributed by atoms with E-state index < -0.39 is 0 Å². The van der Waals surface area contributed by atoms with Crippen LogP contribution in [-0.4, -0.2) is 21.6 Å². The van der Waals surface area contributed by atoms with Crippen LogP contribution in [0.15, 0.2) is 47.5 Å². The summed E-state index contributed by atoms with van der Waals surface area (Å²) in [5.74, 6) is -0.147. The van der Waals surface area contributed by atoms with Gasteiger partial charge in [0.05, 0.1) is 11.3 Å². The lowest BCUT2D eigenvalue weighted by Crippen LogP contribution is -2.10. The van der Waals surface area contributed by atoms with Crippen molar-refractivity contribution in [3.63, 3.8) is 0 Å². The van der Waals surface area contributed by atoms with Crippen LogP contribution in [0.2, 0.25) is 0 Å². The van der Waals surface area contributed by atoms with Crippen molar-refractivity contribution in [3.05, 3.63) is 59.2 Å². The number of nitrogens with zero attached hydrogens (tertiary/aromatic N) is 1. The van der Waals surface area contributed by atoms with Crippen molar-refractivity contribution in [1.82, 2.24) is 4.98 Å². The maximum Gasteiger partial charge on any atom is 0.214 e. The van der Waals surface area contributed by atoms with E-state index in [9.17, 15) is 9.90 Å². The Morgan fingerprint density at radius 3 is 2.78 bits per heavy atom. The zero-order chi connectivity index (χ0) is 16.0. The SMILES string of the molecule is CCCc1ccc2[nH]c(O)c(C3=Nc4ccccc4C3=O)c2c1. The summed E-state index contributed by atoms with van der Waals surface area (Å²) in [7, 11) is 0. The van der Waals surface area contributed by atoms with E-state index in [0.717, 1.165) is 23.7 Å². The zero-order valence-electron chi connectivity index (χ0n) is 12.8. The summed E-state index contributed by atoms with van der Waals surface area (Å²) in [6, 6.07) is 13.3. The third-order valence-electron chi connectivity index (χ3n) is 4.21. The van der Waals surface area contributed by atoms with E-state index in [2.05, 4.69) is 16.9 Å². The van der Waals surface area contributed by atoms with Crippen molar-refractivity contribution in [2.45, 2.75) is 19.8 Å². The lowest BCUT2D eigenvalue weighted by atomic mass is 10.00. The number of aromatic nitrogens is 1. The molecule has 4 nitrogen and oxygen atoms in total. The van der Waals surface area contributed by atoms with Crippen LogP contribution in [0.3, 0.4) is 0 Å². The fourth-order valence-corrected chi connectivity index (χ4v) is 3.14. The molecule has 2 heterocycles. The molecule has 0 atom stereocenters. The molecule has 0 bridgehead atoms. The number of H-pyrrole nitrogens is 1. The number of para-hydroxylation sites is 1. The highest BCUT2D eigenvalue weighted by atomic mass is 16.3. The van der Waals surface area contributed by atoms with Gasteiger partial charge in [-0.05, 0) is 36.2 Å². The summed E-state index contributed by atoms with van der Waals surface area (Å²) in [6.45, 7) is 2.13. The quantitative estimate of drug-likeness (QED) is 0.763. The number of Topliss-reactive ketones (excluding diaryl/α,β-unsaturated/α-hetero) is 1. The van der Waals surface area contributed by atoms with Crippen molar-refractivity contribution in [2.75, 3.05) is 0 Å². The number of ketones is 1. The third-order valence-corrected chi connectivity index (χ3v) is 4.21. The average molecular weight is 304 g/mol. The maximum atomic E-state index is 12.6. The topological polar surface area (TPSA) is 65.4 Å². The molecule has 2 N–H and O–H groups in total. The normalized spacial score (nSPS) is 13.4. The summed E-state index contributed by atoms with van der Waals surface area (Å²) >= 11 is 0. The lowest BCUT2D eigenvalue weighted by Gasteiger charge is -2.02. The first-order valence-electron chi connectivity index (χ1n) is 7.75. The van der Waals surface area contributed by atoms with E-state index in [0.29, 0.717) is 22.5 Å². The number of fused-ring (bicyclic) bond motifs is 2. The molecule has 1 aromatic heterocycles. The van der Waals surface area contributed by atoms with Gasteiger partial charge in [-0.2, -0.15) is 0 Å². The molecule has 2 aromatic carbocycles. The number of hydrogen-bond donors (Lipinski definition) is 2. The van der Waals surface area contributed by atoms with Crippen molar-refractivity contribution in [3.8, 4) is 5.88 Å². The van der Waals surface area contributed by atoms with E-state index in [4.69, 9.17) is 0 Å². The molecular weight excluding hydrogens is 288 g/mol. The van der Waals surface area contributed by atoms with Crippen molar-refractivity contribution < 1.29 is 9.90 Å². The summed E-state index contributed by atoms with van der Waals surface area (Å²) in [5.41, 5.74) is 4.04. The number of benzene rings is 2. The van der Waals surface area contributed by atoms with Gasteiger partial charge in [-0.1, -0.05) is 31.5 Å². The second kappa shape index (κ2) is 5.09. The van der Waals surface area contributed by atoms with E-state index >= 15 is 0 Å². The largest absolute Gasteiger partial charge is 0.494 e. The molecule has 4 rings (SSSR count). The molecule has 1 aliphatic heterocycles. The minimum Gasteiger partial charge on any atom is -0.494 e. The molecular formula is C19H16N2O2. The molecule has 0 radical (unpaired) electrons. The van der Waals surface area contributed by atoms with E-state index in [1.165, 1.54) is 5.56 Å². The minimum atomic E-state index is -0.141. The molecule has 0 fully saturated rings. The molecule has 0 saturated heterocycles. The van der Waals surface area contributed by atoms with Crippen LogP contribution in [-0.2, 0) is 6.42 Å². The number of aromatic hydroxyl groups is 1. The first-order chi connectivity index (χ1) is 11.2. The summed E-state index contributed by atoms with van der Waals surface area (Å²) in [4.78, 5) is 20.0. The van der Waals surface area contributed by atoms with Crippen molar-refractivity contribution in [1.29, 1.82) is 0 Å². The van der Waals surface area contributed by atoms with Gasteiger partial charge in [-0.3, -0.25) is 4.79 Å². The number of aryl methyl sites for hydroxylation is 1. The van der Waals surface area contributed by atoms with Crippen LogP contribution in [0.25, 0.3) is 10.9 Å². The monoisotopic (exact) mass is 304 g/mol. The molecule has 0 amide bonds. The highest BCUT2D eigenvalue weighted by Crippen LogP contribution is 2.35. The second-order valence-electron chi connectivity index (χ2n) is 5.79. The van der Waals surface area contributed by atoms with Crippen molar-refractivity contribution >= 4 is 28.1 Å². The van der Waals surface area contributed by atoms with Gasteiger partial charge in [0, 0.05) is 16.5 Å². The maximum absolute atomic E-state index is 12.6. The molecule has 1 aliphatic rings. The zero-order valence-corrected chi connectivity index (χ0v) is 12.8. The van der Waals surface area contributed by atoms with Crippen LogP contribution < -0.4 is 0 Å². The van der Waals surface area contributed by atoms with Gasteiger partial charge in [-0.15, -0.1) is 0 Å². The van der Waals surface area contributed by atoms with Crippen LogP contribution in [0.5, 0.6) is 5.88 Å². The Morgan fingerprint density at radius 1 is 1.17 bits per heavy atom. The predicted octanol–water partition coefficient (Wildman–Crippen LogP) is 4.14. The number of carbonyl (C=O) groups excluding carboxylic acids is 1. The molecule has 0 saturated carbocycles. The Hall–Kier alpha value is -2.88. The molecule has 0 unspecified atom stereocenters. The molecule has 114 valence electrons. The summed E-state index contributed by atoms with van der Waals surface area (Å²) in [6.07, 6.45) is 2.00. The van der Waals surface area contributed by atoms with Gasteiger partial charge in [0.2, 0.25) is 5.78 Å². The van der Waals surface area contributed by atoms with Crippen LogP contribution >= 0.6 is 0 Å². The minimum absolute atomic E-state index is 0.00597. The number of hydrogen-bond acceptors (Lipinski definition) is 3. The number of carbonyl (C=O) groups is 1. The van der Waals surface area contributed by atoms with Gasteiger partial charge < -0.3 is 10.1 Å². The highest BCUT2D eigenvalue weighted by Gasteiger charge is 2.29. The molecule has 23 heavy (non-hydrogen) atoms. The highest BCUT2D eigenvalue weighted by molar-refractivity contribution is 6.56. The summed E-state index contributed by atoms with van der Waals surface area (Å²) in [5, 5.41) is 11.2.